The smallest absolute Gasteiger partial charge is 0.247 e. The van der Waals surface area contributed by atoms with Gasteiger partial charge in [-0.05, 0) is 23.3 Å². The van der Waals surface area contributed by atoms with E-state index in [9.17, 15) is 0 Å². The van der Waals surface area contributed by atoms with Crippen molar-refractivity contribution in [1.82, 2.24) is 19.6 Å². The van der Waals surface area contributed by atoms with Crippen LogP contribution in [0.5, 0.6) is 0 Å². The maximum absolute atomic E-state index is 8.78. The molecule has 0 radical (unpaired) electrons. The van der Waals surface area contributed by atoms with E-state index in [1.165, 1.54) is 0 Å². The number of para-hydroxylation sites is 1. The number of hydrogen-bond donors (Lipinski definition) is 2. The second-order valence-electron chi connectivity index (χ2n) is 6.64. The van der Waals surface area contributed by atoms with Crippen molar-refractivity contribution in [2.24, 2.45) is 5.14 Å². The second-order valence-corrected chi connectivity index (χ2v) is 7.16. The van der Waals surface area contributed by atoms with E-state index in [1.807, 2.05) is 66.9 Å². The minimum absolute atomic E-state index is 0.539. The van der Waals surface area contributed by atoms with Crippen molar-refractivity contribution in [2.75, 3.05) is 5.32 Å². The van der Waals surface area contributed by atoms with Gasteiger partial charge in [0.15, 0.2) is 5.65 Å². The Hall–Kier alpha value is -3.92. The van der Waals surface area contributed by atoms with Crippen LogP contribution in [-0.4, -0.2) is 28.3 Å². The SMILES string of the molecule is NS(=O)[O-].c1ccc(Nc2nc3c(-c4ccccc4-c4ccccc4)nccn3n2)cc1. The Morgan fingerprint density at radius 2 is 1.47 bits per heavy atom. The normalized spacial score (nSPS) is 11.4. The molecule has 5 aromatic rings. The van der Waals surface area contributed by atoms with E-state index in [2.05, 4.69) is 44.8 Å². The van der Waals surface area contributed by atoms with Crippen LogP contribution in [0.2, 0.25) is 0 Å². The zero-order valence-electron chi connectivity index (χ0n) is 16.8. The van der Waals surface area contributed by atoms with E-state index < -0.39 is 11.3 Å². The highest BCUT2D eigenvalue weighted by Crippen LogP contribution is 2.32. The van der Waals surface area contributed by atoms with E-state index in [0.717, 1.165) is 28.1 Å². The number of nitrogens with zero attached hydrogens (tertiary/aromatic N) is 4. The first-order valence-electron chi connectivity index (χ1n) is 9.64. The van der Waals surface area contributed by atoms with Gasteiger partial charge in [0.2, 0.25) is 5.95 Å². The van der Waals surface area contributed by atoms with Crippen LogP contribution >= 0.6 is 0 Å². The zero-order chi connectivity index (χ0) is 22.3. The molecule has 0 saturated heterocycles. The summed E-state index contributed by atoms with van der Waals surface area (Å²) in [5, 5.41) is 11.8. The first kappa shape index (κ1) is 21.3. The molecule has 0 aliphatic rings. The molecule has 32 heavy (non-hydrogen) atoms. The van der Waals surface area contributed by atoms with Gasteiger partial charge in [0, 0.05) is 34.9 Å². The Morgan fingerprint density at radius 1 is 0.875 bits per heavy atom. The maximum atomic E-state index is 8.78. The topological polar surface area (TPSA) is 121 Å². The van der Waals surface area contributed by atoms with E-state index in [4.69, 9.17) is 13.7 Å². The van der Waals surface area contributed by atoms with Gasteiger partial charge in [0.25, 0.3) is 0 Å². The largest absolute Gasteiger partial charge is 0.760 e. The van der Waals surface area contributed by atoms with Crippen LogP contribution in [0.15, 0.2) is 97.3 Å². The lowest BCUT2D eigenvalue weighted by atomic mass is 9.98. The molecule has 2 aromatic heterocycles. The van der Waals surface area contributed by atoms with Crippen LogP contribution in [-0.2, 0) is 11.3 Å². The predicted octanol–water partition coefficient (Wildman–Crippen LogP) is 3.94. The fourth-order valence-electron chi connectivity index (χ4n) is 3.27. The highest BCUT2D eigenvalue weighted by molar-refractivity contribution is 7.76. The molecule has 5 rings (SSSR count). The molecule has 8 nitrogen and oxygen atoms in total. The number of rotatable bonds is 4. The van der Waals surface area contributed by atoms with Gasteiger partial charge in [0.1, 0.15) is 5.69 Å². The van der Waals surface area contributed by atoms with Crippen LogP contribution in [0, 0.1) is 0 Å². The number of fused-ring (bicyclic) bond motifs is 1. The number of benzene rings is 3. The summed E-state index contributed by atoms with van der Waals surface area (Å²) in [5.74, 6) is 0.539. The molecule has 0 aliphatic carbocycles. The van der Waals surface area contributed by atoms with Crippen molar-refractivity contribution < 1.29 is 8.76 Å². The molecular weight excluding hydrogens is 424 g/mol. The molecule has 0 fully saturated rings. The van der Waals surface area contributed by atoms with Crippen LogP contribution in [0.3, 0.4) is 0 Å². The molecule has 3 N–H and O–H groups in total. The molecule has 0 spiro atoms. The van der Waals surface area contributed by atoms with Crippen LogP contribution in [0.4, 0.5) is 11.6 Å². The van der Waals surface area contributed by atoms with E-state index in [1.54, 1.807) is 10.7 Å². The third kappa shape index (κ3) is 5.03. The lowest BCUT2D eigenvalue weighted by Crippen LogP contribution is -1.97. The highest BCUT2D eigenvalue weighted by Gasteiger charge is 2.15. The zero-order valence-corrected chi connectivity index (χ0v) is 17.6. The van der Waals surface area contributed by atoms with Crippen molar-refractivity contribution in [3.63, 3.8) is 0 Å². The summed E-state index contributed by atoms with van der Waals surface area (Å²) in [6, 6.07) is 28.4. The van der Waals surface area contributed by atoms with Crippen LogP contribution in [0.1, 0.15) is 0 Å². The van der Waals surface area contributed by atoms with Crippen molar-refractivity contribution in [2.45, 2.75) is 0 Å². The Kier molecular flexibility index (Phi) is 6.61. The van der Waals surface area contributed by atoms with Crippen molar-refractivity contribution in [1.29, 1.82) is 0 Å². The van der Waals surface area contributed by atoms with Crippen molar-refractivity contribution in [3.05, 3.63) is 97.3 Å². The van der Waals surface area contributed by atoms with E-state index >= 15 is 0 Å². The second kappa shape index (κ2) is 9.92. The minimum atomic E-state index is -2.36. The highest BCUT2D eigenvalue weighted by atomic mass is 32.2. The Labute approximate surface area is 187 Å². The number of anilines is 2. The van der Waals surface area contributed by atoms with Crippen molar-refractivity contribution in [3.8, 4) is 22.4 Å². The van der Waals surface area contributed by atoms with E-state index in [0.29, 0.717) is 11.6 Å². The quantitative estimate of drug-likeness (QED) is 0.406. The van der Waals surface area contributed by atoms with Gasteiger partial charge < -0.3 is 9.87 Å². The summed E-state index contributed by atoms with van der Waals surface area (Å²) in [6.07, 6.45) is 3.57. The average Bonchev–Trinajstić information content (AvgIpc) is 3.22. The van der Waals surface area contributed by atoms with Gasteiger partial charge in [-0.1, -0.05) is 72.8 Å². The summed E-state index contributed by atoms with van der Waals surface area (Å²) >= 11 is -2.36. The summed E-state index contributed by atoms with van der Waals surface area (Å²) in [6.45, 7) is 0. The monoisotopic (exact) mass is 443 g/mol. The molecule has 0 amide bonds. The number of nitrogens with one attached hydrogen (secondary N) is 1. The number of aromatic nitrogens is 4. The standard InChI is InChI=1S/C23H17N5.H3NO2S/c1-3-9-17(10-4-1)19-13-7-8-14-20(19)21-22-26-23(27-28(22)16-15-24-21)25-18-11-5-2-6-12-18;1-4(2)3/h1-16H,(H,25,27);1H2,(H,2,3)/p-1. The molecule has 0 aliphatic heterocycles. The molecule has 3 aromatic carbocycles. The Morgan fingerprint density at radius 3 is 2.16 bits per heavy atom. The first-order valence-corrected chi connectivity index (χ1v) is 10.8. The number of hydrogen-bond acceptors (Lipinski definition) is 6. The molecule has 9 heteroatoms. The van der Waals surface area contributed by atoms with Gasteiger partial charge in [-0.25, -0.2) is 4.52 Å². The average molecular weight is 444 g/mol. The Bertz CT molecular complexity index is 1340. The molecule has 2 heterocycles. The third-order valence-corrected chi connectivity index (χ3v) is 4.55. The van der Waals surface area contributed by atoms with Crippen LogP contribution in [0.25, 0.3) is 28.0 Å². The van der Waals surface area contributed by atoms with Crippen LogP contribution < -0.4 is 10.5 Å². The number of nitrogens with two attached hydrogens (primary N) is 1. The van der Waals surface area contributed by atoms with Gasteiger partial charge in [-0.15, -0.1) is 5.10 Å². The lowest BCUT2D eigenvalue weighted by Gasteiger charge is -2.09. The molecular formula is C23H19N6O2S-. The maximum Gasteiger partial charge on any atom is 0.247 e. The molecule has 1 unspecified atom stereocenters. The minimum Gasteiger partial charge on any atom is -0.760 e. The third-order valence-electron chi connectivity index (χ3n) is 4.55. The van der Waals surface area contributed by atoms with Gasteiger partial charge in [-0.3, -0.25) is 14.3 Å². The molecule has 160 valence electrons. The fraction of sp³-hybridized carbons (Fsp3) is 0. The summed E-state index contributed by atoms with van der Waals surface area (Å²) < 4.78 is 19.3. The summed E-state index contributed by atoms with van der Waals surface area (Å²) in [7, 11) is 0. The lowest BCUT2D eigenvalue weighted by molar-refractivity contribution is 0.539. The molecule has 0 bridgehead atoms. The fourth-order valence-corrected chi connectivity index (χ4v) is 3.27. The Balaban J connectivity index is 0.000000567. The predicted molar refractivity (Wildman–Crippen MR) is 124 cm³/mol. The molecule has 1 atom stereocenters. The van der Waals surface area contributed by atoms with Gasteiger partial charge in [0.05, 0.1) is 0 Å². The van der Waals surface area contributed by atoms with Gasteiger partial charge in [-0.2, -0.15) is 4.98 Å². The van der Waals surface area contributed by atoms with E-state index in [-0.39, 0.29) is 0 Å². The summed E-state index contributed by atoms with van der Waals surface area (Å²) in [5.41, 5.74) is 5.74. The van der Waals surface area contributed by atoms with Crippen molar-refractivity contribution >= 4 is 28.5 Å². The van der Waals surface area contributed by atoms with Gasteiger partial charge >= 0.3 is 0 Å². The summed E-state index contributed by atoms with van der Waals surface area (Å²) in [4.78, 5) is 9.33. The first-order chi connectivity index (χ1) is 15.6. The molecule has 0 saturated carbocycles.